The molecule has 30 heavy (non-hydrogen) atoms. The average molecular weight is 414 g/mol. The van der Waals surface area contributed by atoms with Crippen LogP contribution in [0.25, 0.3) is 11.2 Å². The van der Waals surface area contributed by atoms with Gasteiger partial charge in [-0.25, -0.2) is 15.0 Å². The molecule has 1 amide bonds. The lowest BCUT2D eigenvalue weighted by Crippen LogP contribution is -2.51. The molecule has 0 aliphatic carbocycles. The number of amides is 1. The lowest BCUT2D eigenvalue weighted by Gasteiger charge is -2.22. The van der Waals surface area contributed by atoms with Crippen molar-refractivity contribution in [2.75, 3.05) is 12.3 Å². The third kappa shape index (κ3) is 3.71. The summed E-state index contributed by atoms with van der Waals surface area (Å²) in [6.45, 7) is -0.447. The first-order chi connectivity index (χ1) is 14.5. The molecule has 5 atom stereocenters. The van der Waals surface area contributed by atoms with Gasteiger partial charge in [0.15, 0.2) is 17.7 Å². The number of aromatic nitrogens is 4. The molecular formula is C19H22N6O5. The summed E-state index contributed by atoms with van der Waals surface area (Å²) < 4.78 is 7.22. The van der Waals surface area contributed by atoms with Crippen LogP contribution >= 0.6 is 0 Å². The number of aliphatic hydroxyl groups is 3. The Morgan fingerprint density at radius 1 is 1.27 bits per heavy atom. The van der Waals surface area contributed by atoms with Gasteiger partial charge in [0.05, 0.1) is 19.0 Å². The maximum Gasteiger partial charge on any atom is 0.249 e. The highest BCUT2D eigenvalue weighted by molar-refractivity contribution is 5.82. The zero-order valence-electron chi connectivity index (χ0n) is 15.9. The van der Waals surface area contributed by atoms with Crippen LogP contribution in [0.1, 0.15) is 11.8 Å². The first kappa shape index (κ1) is 20.2. The topological polar surface area (TPSA) is 169 Å². The van der Waals surface area contributed by atoms with Crippen molar-refractivity contribution in [3.8, 4) is 0 Å². The van der Waals surface area contributed by atoms with E-state index in [1.165, 1.54) is 17.2 Å². The molecule has 11 heteroatoms. The molecule has 1 saturated heterocycles. The molecule has 1 aliphatic heterocycles. The molecule has 0 saturated carbocycles. The Morgan fingerprint density at radius 2 is 2.03 bits per heavy atom. The smallest absolute Gasteiger partial charge is 0.249 e. The van der Waals surface area contributed by atoms with Gasteiger partial charge in [0.1, 0.15) is 30.2 Å². The summed E-state index contributed by atoms with van der Waals surface area (Å²) in [6.07, 6.45) is -1.64. The number of carbonyl (C=O) groups is 1. The van der Waals surface area contributed by atoms with Crippen molar-refractivity contribution in [3.63, 3.8) is 0 Å². The number of ether oxygens (including phenoxy) is 1. The standard InChI is InChI=1S/C19H22N6O5/c20-16-14-17(22-8-21-16)25(9-23-14)19-15(28)13(12(7-26)30-19)24-18(29)11(27)6-10-4-2-1-3-5-10/h1-5,8-9,11-13,15,19,26-28H,6-7H2,(H,24,29)(H2,20,21,22)/t11-,12+,13+,15+,19+/m0/s1. The van der Waals surface area contributed by atoms with E-state index in [1.807, 2.05) is 18.2 Å². The fourth-order valence-electron chi connectivity index (χ4n) is 3.55. The predicted molar refractivity (Wildman–Crippen MR) is 105 cm³/mol. The van der Waals surface area contributed by atoms with Gasteiger partial charge in [-0.1, -0.05) is 30.3 Å². The van der Waals surface area contributed by atoms with E-state index in [0.29, 0.717) is 11.2 Å². The fraction of sp³-hybridized carbons (Fsp3) is 0.368. The molecule has 2 aromatic heterocycles. The van der Waals surface area contributed by atoms with Crippen LogP contribution in [-0.2, 0) is 16.0 Å². The van der Waals surface area contributed by atoms with Gasteiger partial charge in [0.25, 0.3) is 0 Å². The highest BCUT2D eigenvalue weighted by Crippen LogP contribution is 2.32. The maximum absolute atomic E-state index is 12.5. The normalized spacial score (nSPS) is 24.8. The van der Waals surface area contributed by atoms with Crippen LogP contribution < -0.4 is 11.1 Å². The minimum absolute atomic E-state index is 0.117. The monoisotopic (exact) mass is 414 g/mol. The molecule has 0 unspecified atom stereocenters. The zero-order chi connectivity index (χ0) is 21.3. The number of imidazole rings is 1. The molecule has 1 aliphatic rings. The van der Waals surface area contributed by atoms with Gasteiger partial charge in [0, 0.05) is 6.42 Å². The second kappa shape index (κ2) is 8.32. The van der Waals surface area contributed by atoms with Crippen LogP contribution in [0.4, 0.5) is 5.82 Å². The van der Waals surface area contributed by atoms with E-state index in [4.69, 9.17) is 10.5 Å². The lowest BCUT2D eigenvalue weighted by molar-refractivity contribution is -0.131. The molecule has 6 N–H and O–H groups in total. The molecule has 0 bridgehead atoms. The molecule has 4 rings (SSSR count). The molecule has 0 spiro atoms. The van der Waals surface area contributed by atoms with Crippen LogP contribution in [0, 0.1) is 0 Å². The number of fused-ring (bicyclic) bond motifs is 1. The Balaban J connectivity index is 1.51. The van der Waals surface area contributed by atoms with E-state index in [-0.39, 0.29) is 12.2 Å². The molecule has 3 heterocycles. The molecule has 158 valence electrons. The first-order valence-electron chi connectivity index (χ1n) is 9.39. The Labute approximate surface area is 171 Å². The number of hydrogen-bond acceptors (Lipinski definition) is 9. The number of nitrogens with one attached hydrogen (secondary N) is 1. The average Bonchev–Trinajstić information content (AvgIpc) is 3.31. The molecule has 11 nitrogen and oxygen atoms in total. The predicted octanol–water partition coefficient (Wildman–Crippen LogP) is -1.25. The summed E-state index contributed by atoms with van der Waals surface area (Å²) in [6, 6.07) is 8.11. The molecule has 0 radical (unpaired) electrons. The van der Waals surface area contributed by atoms with E-state index in [2.05, 4.69) is 20.3 Å². The summed E-state index contributed by atoms with van der Waals surface area (Å²) in [5, 5.41) is 33.4. The number of carbonyl (C=O) groups excluding carboxylic acids is 1. The summed E-state index contributed by atoms with van der Waals surface area (Å²) >= 11 is 0. The number of aliphatic hydroxyl groups excluding tert-OH is 3. The first-order valence-corrected chi connectivity index (χ1v) is 9.39. The van der Waals surface area contributed by atoms with E-state index < -0.39 is 43.1 Å². The SMILES string of the molecule is Nc1ncnc2c1ncn2[C@@H]1O[C@H](CO)[C@@H](NC(=O)[C@@H](O)Cc2ccccc2)[C@H]1O. The van der Waals surface area contributed by atoms with Crippen molar-refractivity contribution in [1.82, 2.24) is 24.8 Å². The summed E-state index contributed by atoms with van der Waals surface area (Å²) in [4.78, 5) is 24.6. The highest BCUT2D eigenvalue weighted by atomic mass is 16.5. The molecule has 3 aromatic rings. The number of anilines is 1. The van der Waals surface area contributed by atoms with Gasteiger partial charge in [-0.05, 0) is 5.56 Å². The lowest BCUT2D eigenvalue weighted by atomic mass is 10.0. The number of nitrogen functional groups attached to an aromatic ring is 1. The zero-order valence-corrected chi connectivity index (χ0v) is 15.9. The Hall–Kier alpha value is -3.12. The van der Waals surface area contributed by atoms with E-state index in [1.54, 1.807) is 12.1 Å². The summed E-state index contributed by atoms with van der Waals surface area (Å²) in [5.74, 6) is -0.494. The van der Waals surface area contributed by atoms with Gasteiger partial charge < -0.3 is 31.1 Å². The highest BCUT2D eigenvalue weighted by Gasteiger charge is 2.46. The second-order valence-electron chi connectivity index (χ2n) is 7.06. The number of nitrogens with two attached hydrogens (primary N) is 1. The third-order valence-corrected chi connectivity index (χ3v) is 5.10. The van der Waals surface area contributed by atoms with Crippen molar-refractivity contribution >= 4 is 22.9 Å². The van der Waals surface area contributed by atoms with Crippen LogP contribution in [0.15, 0.2) is 43.0 Å². The van der Waals surface area contributed by atoms with E-state index in [9.17, 15) is 20.1 Å². The fourth-order valence-corrected chi connectivity index (χ4v) is 3.55. The maximum atomic E-state index is 12.5. The minimum atomic E-state index is -1.32. The summed E-state index contributed by atoms with van der Waals surface area (Å²) in [5.41, 5.74) is 7.28. The van der Waals surface area contributed by atoms with Crippen LogP contribution in [0.5, 0.6) is 0 Å². The number of rotatable bonds is 6. The Morgan fingerprint density at radius 3 is 2.77 bits per heavy atom. The van der Waals surface area contributed by atoms with Crippen molar-refractivity contribution in [2.45, 2.75) is 37.0 Å². The van der Waals surface area contributed by atoms with Gasteiger partial charge in [-0.15, -0.1) is 0 Å². The van der Waals surface area contributed by atoms with Crippen molar-refractivity contribution in [2.24, 2.45) is 0 Å². The Bertz CT molecular complexity index is 1030. The van der Waals surface area contributed by atoms with E-state index >= 15 is 0 Å². The number of benzene rings is 1. The molecule has 1 fully saturated rings. The summed E-state index contributed by atoms with van der Waals surface area (Å²) in [7, 11) is 0. The number of hydrogen-bond donors (Lipinski definition) is 5. The minimum Gasteiger partial charge on any atom is -0.394 e. The number of nitrogens with zero attached hydrogens (tertiary/aromatic N) is 4. The van der Waals surface area contributed by atoms with E-state index in [0.717, 1.165) is 5.56 Å². The van der Waals surface area contributed by atoms with Crippen LogP contribution in [-0.4, -0.2) is 71.7 Å². The van der Waals surface area contributed by atoms with Crippen LogP contribution in [0.3, 0.4) is 0 Å². The van der Waals surface area contributed by atoms with Crippen LogP contribution in [0.2, 0.25) is 0 Å². The molecule has 1 aromatic carbocycles. The second-order valence-corrected chi connectivity index (χ2v) is 7.06. The van der Waals surface area contributed by atoms with Crippen molar-refractivity contribution < 1.29 is 24.9 Å². The van der Waals surface area contributed by atoms with Gasteiger partial charge in [-0.3, -0.25) is 9.36 Å². The van der Waals surface area contributed by atoms with Gasteiger partial charge in [0.2, 0.25) is 5.91 Å². The third-order valence-electron chi connectivity index (χ3n) is 5.10. The quantitative estimate of drug-likeness (QED) is 0.331. The van der Waals surface area contributed by atoms with Crippen molar-refractivity contribution in [3.05, 3.63) is 48.5 Å². The van der Waals surface area contributed by atoms with Gasteiger partial charge >= 0.3 is 0 Å². The Kier molecular flexibility index (Phi) is 5.59. The van der Waals surface area contributed by atoms with Crippen molar-refractivity contribution in [1.29, 1.82) is 0 Å². The molecular weight excluding hydrogens is 392 g/mol. The van der Waals surface area contributed by atoms with Gasteiger partial charge in [-0.2, -0.15) is 0 Å². The largest absolute Gasteiger partial charge is 0.394 e.